The Bertz CT molecular complexity index is 1390. The molecule has 0 aliphatic heterocycles. The molecule has 258 valence electrons. The molecule has 48 heavy (non-hydrogen) atoms. The highest BCUT2D eigenvalue weighted by atomic mass is 31.2. The van der Waals surface area contributed by atoms with Crippen molar-refractivity contribution in [2.75, 3.05) is 47.3 Å². The van der Waals surface area contributed by atoms with Crippen LogP contribution in [-0.4, -0.2) is 75.8 Å². The Morgan fingerprint density at radius 1 is 0.792 bits per heavy atom. The van der Waals surface area contributed by atoms with Gasteiger partial charge < -0.3 is 38.7 Å². The molecule has 0 aliphatic carbocycles. The van der Waals surface area contributed by atoms with Crippen molar-refractivity contribution in [2.24, 2.45) is 0 Å². The Morgan fingerprint density at radius 3 is 1.83 bits per heavy atom. The van der Waals surface area contributed by atoms with Crippen molar-refractivity contribution in [2.45, 2.75) is 51.8 Å². The summed E-state index contributed by atoms with van der Waals surface area (Å²) in [5.74, 6) is 0.753. The Labute approximate surface area is 285 Å². The van der Waals surface area contributed by atoms with Gasteiger partial charge >= 0.3 is 0 Å². The SMILES string of the molecule is [C-]#[N+]CCOP(OCC(=O)NCCC(=O)NCOC(c1ccccc1)(c1ccc(OC)cc1)c1ccc(OC)cc1)N(C(C)C)C(C)C. The van der Waals surface area contributed by atoms with E-state index in [2.05, 4.69) is 15.5 Å². The normalized spacial score (nSPS) is 12.1. The summed E-state index contributed by atoms with van der Waals surface area (Å²) in [5, 5.41) is 5.58. The van der Waals surface area contributed by atoms with Gasteiger partial charge in [-0.05, 0) is 68.7 Å². The minimum absolute atomic E-state index is 0.0406. The third-order valence-electron chi connectivity index (χ3n) is 7.36. The zero-order chi connectivity index (χ0) is 34.9. The van der Waals surface area contributed by atoms with E-state index in [9.17, 15) is 9.59 Å². The highest BCUT2D eigenvalue weighted by Gasteiger charge is 2.38. The Kier molecular flexibility index (Phi) is 15.8. The van der Waals surface area contributed by atoms with Crippen LogP contribution in [0.1, 0.15) is 50.8 Å². The molecule has 0 aliphatic rings. The molecule has 0 fully saturated rings. The van der Waals surface area contributed by atoms with Crippen LogP contribution >= 0.6 is 8.53 Å². The van der Waals surface area contributed by atoms with E-state index in [1.807, 2.05) is 111 Å². The molecule has 3 rings (SSSR count). The van der Waals surface area contributed by atoms with E-state index in [-0.39, 0.29) is 63.4 Å². The van der Waals surface area contributed by atoms with Gasteiger partial charge in [0.2, 0.25) is 18.4 Å². The number of methoxy groups -OCH3 is 2. The molecule has 0 saturated heterocycles. The van der Waals surface area contributed by atoms with Crippen molar-refractivity contribution in [1.82, 2.24) is 15.3 Å². The number of benzene rings is 3. The highest BCUT2D eigenvalue weighted by Crippen LogP contribution is 2.45. The van der Waals surface area contributed by atoms with Crippen LogP contribution in [0.3, 0.4) is 0 Å². The van der Waals surface area contributed by atoms with Gasteiger partial charge in [0.15, 0.2) is 0 Å². The maximum Gasteiger partial charge on any atom is 0.259 e. The third kappa shape index (κ3) is 10.7. The Hall–Kier alpha value is -4.04. The highest BCUT2D eigenvalue weighted by molar-refractivity contribution is 7.44. The fraction of sp³-hybridized carbons (Fsp3) is 0.417. The van der Waals surface area contributed by atoms with E-state index in [0.29, 0.717) is 11.5 Å². The van der Waals surface area contributed by atoms with E-state index in [1.165, 1.54) is 0 Å². The van der Waals surface area contributed by atoms with Gasteiger partial charge in [0, 0.05) is 25.0 Å². The van der Waals surface area contributed by atoms with Crippen LogP contribution in [0, 0.1) is 6.57 Å². The zero-order valence-corrected chi connectivity index (χ0v) is 29.5. The molecule has 0 bridgehead atoms. The summed E-state index contributed by atoms with van der Waals surface area (Å²) >= 11 is 0. The lowest BCUT2D eigenvalue weighted by Crippen LogP contribution is -2.39. The number of carbonyl (C=O) groups is 2. The maximum absolute atomic E-state index is 12.9. The molecule has 0 spiro atoms. The number of carbonyl (C=O) groups excluding carboxylic acids is 2. The predicted molar refractivity (Wildman–Crippen MR) is 186 cm³/mol. The fourth-order valence-corrected chi connectivity index (χ4v) is 6.74. The average Bonchev–Trinajstić information content (AvgIpc) is 3.09. The molecule has 1 atom stereocenters. The van der Waals surface area contributed by atoms with Crippen LogP contribution in [0.15, 0.2) is 78.9 Å². The van der Waals surface area contributed by atoms with Crippen LogP contribution in [0.4, 0.5) is 0 Å². The first-order valence-corrected chi connectivity index (χ1v) is 17.0. The summed E-state index contributed by atoms with van der Waals surface area (Å²) in [5.41, 5.74) is 1.47. The summed E-state index contributed by atoms with van der Waals surface area (Å²) in [7, 11) is 1.69. The first kappa shape index (κ1) is 38.4. The predicted octanol–water partition coefficient (Wildman–Crippen LogP) is 5.89. The zero-order valence-electron chi connectivity index (χ0n) is 28.6. The number of hydrogen-bond donors (Lipinski definition) is 2. The molecule has 3 aromatic rings. The molecular formula is C36H47N4O7P. The Morgan fingerprint density at radius 2 is 1.33 bits per heavy atom. The second-order valence-corrected chi connectivity index (χ2v) is 12.7. The summed E-state index contributed by atoms with van der Waals surface area (Å²) in [4.78, 5) is 28.8. The van der Waals surface area contributed by atoms with Crippen LogP contribution in [-0.2, 0) is 29.0 Å². The maximum atomic E-state index is 12.9. The van der Waals surface area contributed by atoms with Crippen molar-refractivity contribution in [3.05, 3.63) is 107 Å². The van der Waals surface area contributed by atoms with Crippen LogP contribution in [0.25, 0.3) is 4.85 Å². The molecule has 0 saturated carbocycles. The van der Waals surface area contributed by atoms with Gasteiger partial charge in [0.1, 0.15) is 37.0 Å². The number of nitrogens with zero attached hydrogens (tertiary/aromatic N) is 2. The fourth-order valence-electron chi connectivity index (χ4n) is 5.18. The van der Waals surface area contributed by atoms with Crippen LogP contribution < -0.4 is 20.1 Å². The lowest BCUT2D eigenvalue weighted by molar-refractivity contribution is -0.125. The van der Waals surface area contributed by atoms with Gasteiger partial charge in [-0.25, -0.2) is 11.2 Å². The molecule has 0 heterocycles. The standard InChI is InChI=1S/C36H47N4O7P/c1-27(2)40(28(3)4)48(46-24-23-37-5)47-25-35(42)38-22-21-34(41)39-26-45-36(29-11-9-8-10-12-29,30-13-17-32(43-6)18-14-30)31-15-19-33(44-7)20-16-31/h8-20,27-28H,21-26H2,1-4,6-7H3,(H,38,42)(H,39,41). The average molecular weight is 679 g/mol. The van der Waals surface area contributed by atoms with E-state index < -0.39 is 14.1 Å². The van der Waals surface area contributed by atoms with Crippen molar-refractivity contribution in [3.63, 3.8) is 0 Å². The summed E-state index contributed by atoms with van der Waals surface area (Å²) < 4.78 is 31.2. The van der Waals surface area contributed by atoms with Gasteiger partial charge in [-0.3, -0.25) is 9.59 Å². The largest absolute Gasteiger partial charge is 0.497 e. The minimum Gasteiger partial charge on any atom is -0.497 e. The van der Waals surface area contributed by atoms with Gasteiger partial charge in [-0.2, -0.15) is 0 Å². The lowest BCUT2D eigenvalue weighted by atomic mass is 9.80. The Balaban J connectivity index is 1.66. The van der Waals surface area contributed by atoms with Crippen molar-refractivity contribution in [3.8, 4) is 11.5 Å². The minimum atomic E-state index is -1.54. The second-order valence-electron chi connectivity index (χ2n) is 11.3. The molecule has 2 amide bonds. The molecular weight excluding hydrogens is 631 g/mol. The van der Waals surface area contributed by atoms with E-state index in [1.54, 1.807) is 14.2 Å². The van der Waals surface area contributed by atoms with Gasteiger partial charge in [0.25, 0.3) is 8.53 Å². The van der Waals surface area contributed by atoms with Crippen LogP contribution in [0.2, 0.25) is 0 Å². The molecule has 11 nitrogen and oxygen atoms in total. The van der Waals surface area contributed by atoms with Crippen LogP contribution in [0.5, 0.6) is 11.5 Å². The molecule has 0 radical (unpaired) electrons. The third-order valence-corrected chi connectivity index (χ3v) is 9.42. The number of amides is 2. The molecule has 0 aromatic heterocycles. The monoisotopic (exact) mass is 678 g/mol. The summed E-state index contributed by atoms with van der Waals surface area (Å²) in [6.07, 6.45) is 0.0406. The second kappa shape index (κ2) is 19.7. The smallest absolute Gasteiger partial charge is 0.259 e. The van der Waals surface area contributed by atoms with Crippen molar-refractivity contribution in [1.29, 1.82) is 0 Å². The quantitative estimate of drug-likeness (QED) is 0.0501. The topological polar surface area (TPSA) is 112 Å². The summed E-state index contributed by atoms with van der Waals surface area (Å²) in [6, 6.07) is 25.3. The lowest BCUT2D eigenvalue weighted by Gasteiger charge is -2.36. The number of ether oxygens (including phenoxy) is 3. The number of rotatable bonds is 20. The van der Waals surface area contributed by atoms with E-state index in [4.69, 9.17) is 29.8 Å². The summed E-state index contributed by atoms with van der Waals surface area (Å²) in [6.45, 7) is 15.3. The first-order valence-electron chi connectivity index (χ1n) is 15.9. The van der Waals surface area contributed by atoms with E-state index in [0.717, 1.165) is 16.7 Å². The molecule has 2 N–H and O–H groups in total. The molecule has 12 heteroatoms. The first-order chi connectivity index (χ1) is 23.2. The van der Waals surface area contributed by atoms with Crippen molar-refractivity contribution >= 4 is 20.3 Å². The number of hydrogen-bond acceptors (Lipinski definition) is 8. The van der Waals surface area contributed by atoms with Gasteiger partial charge in [-0.15, -0.1) is 0 Å². The van der Waals surface area contributed by atoms with Crippen molar-refractivity contribution < 1.29 is 32.8 Å². The molecule has 1 unspecified atom stereocenters. The number of nitrogens with one attached hydrogen (secondary N) is 2. The van der Waals surface area contributed by atoms with E-state index >= 15 is 0 Å². The molecule has 3 aromatic carbocycles. The van der Waals surface area contributed by atoms with Gasteiger partial charge in [-0.1, -0.05) is 54.6 Å². The van der Waals surface area contributed by atoms with Gasteiger partial charge in [0.05, 0.1) is 14.2 Å².